The molecule has 3 atom stereocenters. The number of carbonyl (C=O) groups is 4. The highest BCUT2D eigenvalue weighted by atomic mass is 35.5. The summed E-state index contributed by atoms with van der Waals surface area (Å²) in [6.07, 6.45) is -0.894. The highest BCUT2D eigenvalue weighted by Crippen LogP contribution is 2.62. The smallest absolute Gasteiger partial charge is 0.504 e. The standard InChI is InChI=1S/C28H34Cl3NO10/c29-9-1-13-38-24(35)32-12-8-27-17-19(33)6-7-28(27,42-26(37)40-15-3-11-31)21(32)16-18-4-5-20(23(34)22(18)27)41-25(36)39-14-2-10-30/h4-5,21,34H,1-3,6-17H2/t21-,27-,28?/m1/s1. The summed E-state index contributed by atoms with van der Waals surface area (Å²) in [5.41, 5.74) is -1.75. The molecule has 0 spiro atoms. The van der Waals surface area contributed by atoms with Crippen molar-refractivity contribution in [3.05, 3.63) is 23.3 Å². The van der Waals surface area contributed by atoms with Gasteiger partial charge in [0.25, 0.3) is 0 Å². The lowest BCUT2D eigenvalue weighted by molar-refractivity contribution is -0.177. The molecule has 0 aromatic heterocycles. The maximum absolute atomic E-state index is 13.3. The molecule has 232 valence electrons. The van der Waals surface area contributed by atoms with E-state index >= 15 is 0 Å². The molecule has 1 aromatic carbocycles. The number of amides is 1. The van der Waals surface area contributed by atoms with Crippen molar-refractivity contribution in [2.75, 3.05) is 44.0 Å². The van der Waals surface area contributed by atoms with Crippen LogP contribution in [0.15, 0.2) is 12.1 Å². The molecule has 42 heavy (non-hydrogen) atoms. The van der Waals surface area contributed by atoms with Gasteiger partial charge < -0.3 is 33.7 Å². The molecule has 14 heteroatoms. The van der Waals surface area contributed by atoms with Crippen LogP contribution in [0.3, 0.4) is 0 Å². The minimum atomic E-state index is -1.45. The minimum Gasteiger partial charge on any atom is -0.504 e. The van der Waals surface area contributed by atoms with Crippen LogP contribution in [0.4, 0.5) is 14.4 Å². The van der Waals surface area contributed by atoms with Gasteiger partial charge in [0, 0.05) is 42.6 Å². The van der Waals surface area contributed by atoms with E-state index in [0.29, 0.717) is 42.1 Å². The summed E-state index contributed by atoms with van der Waals surface area (Å²) in [5, 5.41) is 11.6. The summed E-state index contributed by atoms with van der Waals surface area (Å²) >= 11 is 17.1. The van der Waals surface area contributed by atoms with Gasteiger partial charge in [0.15, 0.2) is 11.5 Å². The number of hydrogen-bond acceptors (Lipinski definition) is 10. The van der Waals surface area contributed by atoms with Gasteiger partial charge in [-0.25, -0.2) is 14.4 Å². The summed E-state index contributed by atoms with van der Waals surface area (Å²) in [6.45, 7) is 0.329. The second-order valence-electron chi connectivity index (χ2n) is 10.4. The maximum atomic E-state index is 13.3. The Labute approximate surface area is 258 Å². The number of phenolic OH excluding ortho intramolecular Hbond substituents is 1. The summed E-state index contributed by atoms with van der Waals surface area (Å²) in [4.78, 5) is 53.3. The Morgan fingerprint density at radius 2 is 1.57 bits per heavy atom. The fourth-order valence-electron chi connectivity index (χ4n) is 6.40. The van der Waals surface area contributed by atoms with Crippen molar-refractivity contribution in [1.82, 2.24) is 4.90 Å². The molecule has 2 fully saturated rings. The monoisotopic (exact) mass is 649 g/mol. The number of ketones is 1. The first-order chi connectivity index (χ1) is 20.2. The van der Waals surface area contributed by atoms with Crippen molar-refractivity contribution < 1.29 is 48.0 Å². The first-order valence-electron chi connectivity index (χ1n) is 13.9. The number of halogens is 3. The molecule has 1 N–H and O–H groups in total. The van der Waals surface area contributed by atoms with Crippen LogP contribution in [0, 0.1) is 0 Å². The lowest BCUT2D eigenvalue weighted by Gasteiger charge is -2.63. The Morgan fingerprint density at radius 1 is 0.929 bits per heavy atom. The zero-order valence-corrected chi connectivity index (χ0v) is 25.3. The van der Waals surface area contributed by atoms with Crippen LogP contribution < -0.4 is 4.74 Å². The third-order valence-corrected chi connectivity index (χ3v) is 8.89. The molecule has 2 aliphatic carbocycles. The third kappa shape index (κ3) is 6.33. The number of fused-ring (bicyclic) bond motifs is 1. The van der Waals surface area contributed by atoms with Gasteiger partial charge in [-0.3, -0.25) is 4.79 Å². The first-order valence-corrected chi connectivity index (χ1v) is 15.5. The zero-order valence-electron chi connectivity index (χ0n) is 23.0. The maximum Gasteiger partial charge on any atom is 0.513 e. The molecular weight excluding hydrogens is 617 g/mol. The second-order valence-corrected chi connectivity index (χ2v) is 11.6. The fourth-order valence-corrected chi connectivity index (χ4v) is 6.73. The number of hydrogen-bond donors (Lipinski definition) is 1. The predicted molar refractivity (Wildman–Crippen MR) is 152 cm³/mol. The fraction of sp³-hybridized carbons (Fsp3) is 0.643. The Kier molecular flexibility index (Phi) is 10.9. The number of piperidine rings is 1. The Balaban J connectivity index is 1.78. The van der Waals surface area contributed by atoms with E-state index in [1.165, 1.54) is 11.0 Å². The van der Waals surface area contributed by atoms with Crippen LogP contribution >= 0.6 is 34.8 Å². The molecule has 0 radical (unpaired) electrons. The van der Waals surface area contributed by atoms with Gasteiger partial charge in [-0.1, -0.05) is 6.07 Å². The lowest BCUT2D eigenvalue weighted by Crippen LogP contribution is -2.75. The molecule has 1 unspecified atom stereocenters. The largest absolute Gasteiger partial charge is 0.513 e. The molecule has 4 rings (SSSR count). The van der Waals surface area contributed by atoms with E-state index < -0.39 is 35.5 Å². The topological polar surface area (TPSA) is 138 Å². The van der Waals surface area contributed by atoms with Gasteiger partial charge in [0.1, 0.15) is 11.4 Å². The average molecular weight is 651 g/mol. The number of benzene rings is 1. The summed E-state index contributed by atoms with van der Waals surface area (Å²) in [5.74, 6) is 0.261. The van der Waals surface area contributed by atoms with E-state index in [9.17, 15) is 24.3 Å². The normalized spacial score (nSPS) is 24.2. The van der Waals surface area contributed by atoms with E-state index in [1.807, 2.05) is 0 Å². The number of ether oxygens (including phenoxy) is 5. The van der Waals surface area contributed by atoms with Gasteiger partial charge in [0.2, 0.25) is 0 Å². The number of Topliss-reactive ketones (excluding diaryl/α,β-unsaturated/α-hetero) is 1. The quantitative estimate of drug-likeness (QED) is 0.108. The molecule has 1 saturated heterocycles. The Bertz CT molecular complexity index is 1180. The second kappa shape index (κ2) is 14.2. The van der Waals surface area contributed by atoms with E-state index in [0.717, 1.165) is 0 Å². The van der Waals surface area contributed by atoms with Crippen molar-refractivity contribution in [3.63, 3.8) is 0 Å². The molecule has 1 aliphatic heterocycles. The number of nitrogens with zero attached hydrogens (tertiary/aromatic N) is 1. The van der Waals surface area contributed by atoms with Gasteiger partial charge in [0.05, 0.1) is 31.3 Å². The van der Waals surface area contributed by atoms with Crippen LogP contribution in [-0.2, 0) is 35.6 Å². The van der Waals surface area contributed by atoms with Crippen molar-refractivity contribution in [2.45, 2.75) is 68.4 Å². The minimum absolute atomic E-state index is 0.0187. The van der Waals surface area contributed by atoms with Crippen molar-refractivity contribution in [2.24, 2.45) is 0 Å². The molecule has 1 amide bonds. The van der Waals surface area contributed by atoms with Gasteiger partial charge in [-0.05, 0) is 50.2 Å². The van der Waals surface area contributed by atoms with Crippen LogP contribution in [0.5, 0.6) is 11.5 Å². The van der Waals surface area contributed by atoms with Crippen molar-refractivity contribution in [3.8, 4) is 11.5 Å². The van der Waals surface area contributed by atoms with Crippen LogP contribution in [0.25, 0.3) is 0 Å². The molecule has 1 saturated carbocycles. The van der Waals surface area contributed by atoms with Crippen LogP contribution in [-0.4, -0.2) is 89.8 Å². The van der Waals surface area contributed by atoms with E-state index in [4.69, 9.17) is 58.5 Å². The predicted octanol–water partition coefficient (Wildman–Crippen LogP) is 5.44. The van der Waals surface area contributed by atoms with Crippen molar-refractivity contribution >= 4 is 59.0 Å². The molecular formula is C28H34Cl3NO10. The summed E-state index contributed by atoms with van der Waals surface area (Å²) in [7, 11) is 0. The summed E-state index contributed by atoms with van der Waals surface area (Å²) < 4.78 is 27.3. The summed E-state index contributed by atoms with van der Waals surface area (Å²) in [6, 6.07) is 2.35. The highest BCUT2D eigenvalue weighted by Gasteiger charge is 2.70. The number of rotatable bonds is 11. The van der Waals surface area contributed by atoms with Gasteiger partial charge in [-0.2, -0.15) is 0 Å². The number of carbonyl (C=O) groups excluding carboxylic acids is 4. The van der Waals surface area contributed by atoms with E-state index in [-0.39, 0.29) is 81.6 Å². The molecule has 1 heterocycles. The SMILES string of the molecule is O=C1CCC2(OC(=O)OCCCCl)[C@H]3Cc4ccc(OC(=O)OCCCCl)c(O)c4[C@@]2(CCN3C(=O)OCCCCl)C1. The van der Waals surface area contributed by atoms with E-state index in [2.05, 4.69) is 0 Å². The van der Waals surface area contributed by atoms with Gasteiger partial charge in [-0.15, -0.1) is 34.8 Å². The molecule has 1 aromatic rings. The van der Waals surface area contributed by atoms with Crippen LogP contribution in [0.1, 0.15) is 56.1 Å². The lowest BCUT2D eigenvalue weighted by atomic mass is 9.49. The molecule has 11 nitrogen and oxygen atoms in total. The third-order valence-electron chi connectivity index (χ3n) is 8.09. The Hall–Kier alpha value is -2.63. The number of alkyl halides is 3. The van der Waals surface area contributed by atoms with Crippen LogP contribution in [0.2, 0.25) is 0 Å². The number of likely N-dealkylation sites (tertiary alicyclic amines) is 1. The molecule has 2 bridgehead atoms. The van der Waals surface area contributed by atoms with Gasteiger partial charge >= 0.3 is 18.4 Å². The first kappa shape index (κ1) is 32.3. The highest BCUT2D eigenvalue weighted by molar-refractivity contribution is 6.18. The molecule has 3 aliphatic rings. The Morgan fingerprint density at radius 3 is 2.24 bits per heavy atom. The number of phenols is 1. The van der Waals surface area contributed by atoms with Crippen molar-refractivity contribution in [1.29, 1.82) is 0 Å². The number of aromatic hydroxyl groups is 1. The zero-order chi connectivity index (χ0) is 30.3. The van der Waals surface area contributed by atoms with E-state index in [1.54, 1.807) is 6.07 Å². The average Bonchev–Trinajstić information content (AvgIpc) is 2.95.